The van der Waals surface area contributed by atoms with Crippen molar-refractivity contribution in [2.24, 2.45) is 0 Å². The highest BCUT2D eigenvalue weighted by Crippen LogP contribution is 2.27. The molecule has 0 bridgehead atoms. The summed E-state index contributed by atoms with van der Waals surface area (Å²) >= 11 is 1.33. The molecule has 0 amide bonds. The van der Waals surface area contributed by atoms with E-state index in [9.17, 15) is 14.0 Å². The van der Waals surface area contributed by atoms with E-state index in [4.69, 9.17) is 4.74 Å². The number of hydrogen-bond acceptors (Lipinski definition) is 5. The fourth-order valence-electron chi connectivity index (χ4n) is 2.30. The molecule has 3 rings (SSSR count). The molecule has 7 heteroatoms. The number of ether oxygens (including phenoxy) is 1. The van der Waals surface area contributed by atoms with Crippen molar-refractivity contribution in [3.63, 3.8) is 0 Å². The standard InChI is InChI=1S/C20H15F2N3OS/c1-2-26-16-6-3-13(4-7-16)19-12-27-20(25-19)14(10-23)11-24-15-5-8-17(21)18(22)9-15/h3-9,11-12,24H,2H2,1H3. The second kappa shape index (κ2) is 8.43. The monoisotopic (exact) mass is 383 g/mol. The number of hydrogen-bond donors (Lipinski definition) is 1. The van der Waals surface area contributed by atoms with E-state index in [-0.39, 0.29) is 0 Å². The molecule has 3 aromatic rings. The molecule has 136 valence electrons. The van der Waals surface area contributed by atoms with Gasteiger partial charge in [-0.3, -0.25) is 0 Å². The predicted octanol–water partition coefficient (Wildman–Crippen LogP) is 5.46. The van der Waals surface area contributed by atoms with Crippen LogP contribution in [0.15, 0.2) is 54.0 Å². The van der Waals surface area contributed by atoms with Gasteiger partial charge in [-0.1, -0.05) is 0 Å². The number of allylic oxidation sites excluding steroid dienone is 1. The van der Waals surface area contributed by atoms with E-state index in [1.165, 1.54) is 23.6 Å². The minimum Gasteiger partial charge on any atom is -0.494 e. The number of anilines is 1. The lowest BCUT2D eigenvalue weighted by atomic mass is 10.2. The highest BCUT2D eigenvalue weighted by atomic mass is 32.1. The van der Waals surface area contributed by atoms with Crippen LogP contribution in [-0.2, 0) is 0 Å². The minimum absolute atomic E-state index is 0.293. The molecular formula is C20H15F2N3OS. The third-order valence-electron chi connectivity index (χ3n) is 3.62. The summed E-state index contributed by atoms with van der Waals surface area (Å²) < 4.78 is 31.6. The fraction of sp³-hybridized carbons (Fsp3) is 0.100. The molecule has 0 fully saturated rings. The molecule has 1 heterocycles. The Bertz CT molecular complexity index is 1010. The first-order chi connectivity index (χ1) is 13.1. The average molecular weight is 383 g/mol. The highest BCUT2D eigenvalue weighted by molar-refractivity contribution is 7.11. The molecule has 1 aromatic heterocycles. The van der Waals surface area contributed by atoms with Crippen LogP contribution in [0.5, 0.6) is 5.75 Å². The third-order valence-corrected chi connectivity index (χ3v) is 4.49. The van der Waals surface area contributed by atoms with Crippen LogP contribution in [0.1, 0.15) is 11.9 Å². The molecule has 1 N–H and O–H groups in total. The molecule has 0 aliphatic carbocycles. The summed E-state index contributed by atoms with van der Waals surface area (Å²) in [5.74, 6) is -1.10. The van der Waals surface area contributed by atoms with Gasteiger partial charge < -0.3 is 10.1 Å². The van der Waals surface area contributed by atoms with Crippen LogP contribution >= 0.6 is 11.3 Å². The second-order valence-electron chi connectivity index (χ2n) is 5.44. The molecule has 0 aliphatic heterocycles. The summed E-state index contributed by atoms with van der Waals surface area (Å²) in [6.07, 6.45) is 1.42. The van der Waals surface area contributed by atoms with Gasteiger partial charge in [0.1, 0.15) is 22.4 Å². The van der Waals surface area contributed by atoms with Crippen LogP contribution in [0.25, 0.3) is 16.8 Å². The minimum atomic E-state index is -0.959. The van der Waals surface area contributed by atoms with E-state index < -0.39 is 11.6 Å². The van der Waals surface area contributed by atoms with Crippen molar-refractivity contribution in [1.29, 1.82) is 5.26 Å². The largest absolute Gasteiger partial charge is 0.494 e. The van der Waals surface area contributed by atoms with Crippen molar-refractivity contribution in [3.8, 4) is 23.1 Å². The molecule has 0 saturated carbocycles. The Morgan fingerprint density at radius 1 is 1.22 bits per heavy atom. The van der Waals surface area contributed by atoms with Crippen molar-refractivity contribution >= 4 is 22.6 Å². The van der Waals surface area contributed by atoms with Crippen molar-refractivity contribution < 1.29 is 13.5 Å². The first-order valence-electron chi connectivity index (χ1n) is 8.11. The van der Waals surface area contributed by atoms with E-state index in [0.717, 1.165) is 29.1 Å². The molecule has 4 nitrogen and oxygen atoms in total. The maximum atomic E-state index is 13.3. The Kier molecular flexibility index (Phi) is 5.79. The topological polar surface area (TPSA) is 57.9 Å². The number of halogens is 2. The zero-order valence-corrected chi connectivity index (χ0v) is 15.2. The number of nitriles is 1. The lowest BCUT2D eigenvalue weighted by Crippen LogP contribution is -1.93. The van der Waals surface area contributed by atoms with Gasteiger partial charge in [0.05, 0.1) is 12.3 Å². The lowest BCUT2D eigenvalue weighted by Gasteiger charge is -2.03. The van der Waals surface area contributed by atoms with Crippen molar-refractivity contribution in [3.05, 3.63) is 70.7 Å². The number of thiazole rings is 1. The van der Waals surface area contributed by atoms with Crippen LogP contribution in [0.2, 0.25) is 0 Å². The number of nitrogens with one attached hydrogen (secondary N) is 1. The van der Waals surface area contributed by atoms with Gasteiger partial charge in [-0.15, -0.1) is 11.3 Å². The Morgan fingerprint density at radius 2 is 2.00 bits per heavy atom. The normalized spacial score (nSPS) is 11.1. The summed E-state index contributed by atoms with van der Waals surface area (Å²) in [5, 5.41) is 14.6. The summed E-state index contributed by atoms with van der Waals surface area (Å²) in [6.45, 7) is 2.52. The molecule has 0 spiro atoms. The van der Waals surface area contributed by atoms with E-state index in [0.29, 0.717) is 22.9 Å². The van der Waals surface area contributed by atoms with Gasteiger partial charge >= 0.3 is 0 Å². The van der Waals surface area contributed by atoms with Gasteiger partial charge in [0.15, 0.2) is 11.6 Å². The highest BCUT2D eigenvalue weighted by Gasteiger charge is 2.09. The third kappa shape index (κ3) is 4.49. The van der Waals surface area contributed by atoms with Crippen LogP contribution < -0.4 is 10.1 Å². The summed E-state index contributed by atoms with van der Waals surface area (Å²) in [6, 6.07) is 13.0. The van der Waals surface area contributed by atoms with Crippen LogP contribution in [0.3, 0.4) is 0 Å². The Morgan fingerprint density at radius 3 is 2.67 bits per heavy atom. The second-order valence-corrected chi connectivity index (χ2v) is 6.30. The number of aromatic nitrogens is 1. The predicted molar refractivity (Wildman–Crippen MR) is 102 cm³/mol. The zero-order valence-electron chi connectivity index (χ0n) is 14.4. The Hall–Kier alpha value is -3.24. The smallest absolute Gasteiger partial charge is 0.160 e. The Labute approximate surface area is 159 Å². The van der Waals surface area contributed by atoms with E-state index >= 15 is 0 Å². The molecule has 0 saturated heterocycles. The van der Waals surface area contributed by atoms with Gasteiger partial charge in [-0.2, -0.15) is 5.26 Å². The molecule has 0 aliphatic rings. The lowest BCUT2D eigenvalue weighted by molar-refractivity contribution is 0.340. The summed E-state index contributed by atoms with van der Waals surface area (Å²) in [4.78, 5) is 4.48. The molecule has 0 radical (unpaired) electrons. The van der Waals surface area contributed by atoms with E-state index in [1.54, 1.807) is 0 Å². The quantitative estimate of drug-likeness (QED) is 0.574. The summed E-state index contributed by atoms with van der Waals surface area (Å²) in [7, 11) is 0. The van der Waals surface area contributed by atoms with E-state index in [1.807, 2.05) is 36.6 Å². The van der Waals surface area contributed by atoms with Crippen molar-refractivity contribution in [1.82, 2.24) is 4.98 Å². The van der Waals surface area contributed by atoms with Crippen molar-refractivity contribution in [2.75, 3.05) is 11.9 Å². The molecule has 0 unspecified atom stereocenters. The van der Waals surface area contributed by atoms with Gasteiger partial charge in [0.2, 0.25) is 0 Å². The van der Waals surface area contributed by atoms with Gasteiger partial charge in [0.25, 0.3) is 0 Å². The van der Waals surface area contributed by atoms with Gasteiger partial charge in [-0.25, -0.2) is 13.8 Å². The van der Waals surface area contributed by atoms with Gasteiger partial charge in [-0.05, 0) is 43.3 Å². The Balaban J connectivity index is 1.78. The van der Waals surface area contributed by atoms with E-state index in [2.05, 4.69) is 16.4 Å². The zero-order chi connectivity index (χ0) is 19.2. The number of benzene rings is 2. The maximum Gasteiger partial charge on any atom is 0.160 e. The van der Waals surface area contributed by atoms with Crippen LogP contribution in [-0.4, -0.2) is 11.6 Å². The fourth-order valence-corrected chi connectivity index (χ4v) is 3.10. The van der Waals surface area contributed by atoms with Gasteiger partial charge in [0, 0.05) is 28.9 Å². The molecule has 2 aromatic carbocycles. The average Bonchev–Trinajstić information content (AvgIpc) is 3.16. The van der Waals surface area contributed by atoms with Crippen LogP contribution in [0.4, 0.5) is 14.5 Å². The molecule has 27 heavy (non-hydrogen) atoms. The SMILES string of the molecule is CCOc1ccc(-c2csc(C(C#N)=CNc3ccc(F)c(F)c3)n2)cc1. The van der Waals surface area contributed by atoms with Crippen LogP contribution in [0, 0.1) is 23.0 Å². The molecule has 0 atom stereocenters. The summed E-state index contributed by atoms with van der Waals surface area (Å²) in [5.41, 5.74) is 2.28. The van der Waals surface area contributed by atoms with Crippen molar-refractivity contribution in [2.45, 2.75) is 6.92 Å². The molecular weight excluding hydrogens is 368 g/mol. The first kappa shape index (κ1) is 18.5. The maximum absolute atomic E-state index is 13.3. The number of nitrogens with zero attached hydrogens (tertiary/aromatic N) is 2. The first-order valence-corrected chi connectivity index (χ1v) is 8.99. The number of rotatable bonds is 6.